The minimum Gasteiger partial charge on any atom is -0.467 e. The number of rotatable bonds is 7. The van der Waals surface area contributed by atoms with Gasteiger partial charge in [-0.2, -0.15) is 0 Å². The standard InChI is InChI=1S/C19H20N4O2S/c1-13(18(24)20-12-16-8-5-11-25-16)26-19-21-17(14-9-10-14)23(22-19)15-6-3-2-4-7-15/h2-8,11,13-14H,9-10,12H2,1H3,(H,20,24)/t13-/m1/s1. The molecule has 0 saturated heterocycles. The monoisotopic (exact) mass is 368 g/mol. The molecule has 1 aliphatic carbocycles. The van der Waals surface area contributed by atoms with E-state index >= 15 is 0 Å². The highest BCUT2D eigenvalue weighted by molar-refractivity contribution is 8.00. The molecule has 2 aromatic heterocycles. The van der Waals surface area contributed by atoms with Crippen LogP contribution in [-0.2, 0) is 11.3 Å². The number of thioether (sulfide) groups is 1. The number of carbonyl (C=O) groups excluding carboxylic acids is 1. The molecule has 1 aromatic carbocycles. The average molecular weight is 368 g/mol. The van der Waals surface area contributed by atoms with Crippen molar-refractivity contribution in [2.24, 2.45) is 0 Å². The lowest BCUT2D eigenvalue weighted by Gasteiger charge is -2.08. The van der Waals surface area contributed by atoms with Gasteiger partial charge in [0.05, 0.1) is 23.7 Å². The molecule has 4 rings (SSSR count). The van der Waals surface area contributed by atoms with Crippen molar-refractivity contribution in [3.05, 3.63) is 60.3 Å². The van der Waals surface area contributed by atoms with Gasteiger partial charge in [-0.25, -0.2) is 9.67 Å². The molecule has 1 aliphatic rings. The molecule has 1 fully saturated rings. The maximum atomic E-state index is 12.3. The van der Waals surface area contributed by atoms with Crippen molar-refractivity contribution in [2.75, 3.05) is 0 Å². The second kappa shape index (κ2) is 7.37. The zero-order valence-electron chi connectivity index (χ0n) is 14.5. The number of para-hydroxylation sites is 1. The van der Waals surface area contributed by atoms with Crippen LogP contribution in [0, 0.1) is 0 Å². The Balaban J connectivity index is 1.45. The highest BCUT2D eigenvalue weighted by Gasteiger charge is 2.31. The number of furan rings is 1. The summed E-state index contributed by atoms with van der Waals surface area (Å²) in [6.07, 6.45) is 3.89. The molecule has 1 amide bonds. The number of amides is 1. The number of hydrogen-bond donors (Lipinski definition) is 1. The van der Waals surface area contributed by atoms with Crippen molar-refractivity contribution in [3.63, 3.8) is 0 Å². The summed E-state index contributed by atoms with van der Waals surface area (Å²) in [7, 11) is 0. The second-order valence-electron chi connectivity index (χ2n) is 6.33. The summed E-state index contributed by atoms with van der Waals surface area (Å²) < 4.78 is 7.14. The fraction of sp³-hybridized carbons (Fsp3) is 0.316. The third-order valence-electron chi connectivity index (χ3n) is 4.22. The zero-order valence-corrected chi connectivity index (χ0v) is 15.3. The minimum atomic E-state index is -0.288. The van der Waals surface area contributed by atoms with Crippen molar-refractivity contribution in [3.8, 4) is 5.69 Å². The van der Waals surface area contributed by atoms with E-state index in [1.54, 1.807) is 12.3 Å². The largest absolute Gasteiger partial charge is 0.467 e. The van der Waals surface area contributed by atoms with Gasteiger partial charge >= 0.3 is 0 Å². The van der Waals surface area contributed by atoms with Crippen molar-refractivity contribution in [1.82, 2.24) is 20.1 Å². The number of nitrogens with zero attached hydrogens (tertiary/aromatic N) is 3. The Kier molecular flexibility index (Phi) is 4.79. The molecule has 7 heteroatoms. The van der Waals surface area contributed by atoms with E-state index in [4.69, 9.17) is 9.40 Å². The van der Waals surface area contributed by atoms with E-state index in [1.165, 1.54) is 11.8 Å². The molecule has 3 aromatic rings. The molecule has 0 bridgehead atoms. The van der Waals surface area contributed by atoms with Gasteiger partial charge in [0.25, 0.3) is 0 Å². The number of nitrogens with one attached hydrogen (secondary N) is 1. The van der Waals surface area contributed by atoms with Crippen LogP contribution in [0.5, 0.6) is 0 Å². The number of aromatic nitrogens is 3. The number of benzene rings is 1. The van der Waals surface area contributed by atoms with Crippen LogP contribution in [0.4, 0.5) is 0 Å². The molecule has 0 spiro atoms. The van der Waals surface area contributed by atoms with Crippen LogP contribution in [-0.4, -0.2) is 25.9 Å². The minimum absolute atomic E-state index is 0.0598. The van der Waals surface area contributed by atoms with Gasteiger partial charge in [-0.15, -0.1) is 5.10 Å². The Bertz CT molecular complexity index is 872. The van der Waals surface area contributed by atoms with Gasteiger partial charge in [-0.1, -0.05) is 30.0 Å². The fourth-order valence-electron chi connectivity index (χ4n) is 2.66. The highest BCUT2D eigenvalue weighted by Crippen LogP contribution is 2.40. The second-order valence-corrected chi connectivity index (χ2v) is 7.64. The van der Waals surface area contributed by atoms with Crippen LogP contribution in [0.1, 0.15) is 37.3 Å². The lowest BCUT2D eigenvalue weighted by molar-refractivity contribution is -0.120. The Morgan fingerprint density at radius 1 is 1.31 bits per heavy atom. The van der Waals surface area contributed by atoms with Crippen LogP contribution in [0.2, 0.25) is 0 Å². The van der Waals surface area contributed by atoms with Gasteiger partial charge in [0.1, 0.15) is 11.6 Å². The Hall–Kier alpha value is -2.54. The van der Waals surface area contributed by atoms with Gasteiger partial charge in [0, 0.05) is 5.92 Å². The summed E-state index contributed by atoms with van der Waals surface area (Å²) in [6, 6.07) is 13.7. The number of carbonyl (C=O) groups is 1. The molecule has 0 radical (unpaired) electrons. The average Bonchev–Trinajstić information content (AvgIpc) is 3.21. The molecule has 134 valence electrons. The number of hydrogen-bond acceptors (Lipinski definition) is 5. The molecule has 0 aliphatic heterocycles. The van der Waals surface area contributed by atoms with E-state index in [0.717, 1.165) is 30.1 Å². The summed E-state index contributed by atoms with van der Waals surface area (Å²) in [5.74, 6) is 2.13. The van der Waals surface area contributed by atoms with E-state index < -0.39 is 0 Å². The molecular formula is C19H20N4O2S. The van der Waals surface area contributed by atoms with Crippen LogP contribution < -0.4 is 5.32 Å². The SMILES string of the molecule is C[C@@H](Sc1nc(C2CC2)n(-c2ccccc2)n1)C(=O)NCc1ccco1. The maximum absolute atomic E-state index is 12.3. The summed E-state index contributed by atoms with van der Waals surface area (Å²) in [4.78, 5) is 17.0. The molecule has 26 heavy (non-hydrogen) atoms. The topological polar surface area (TPSA) is 73.0 Å². The van der Waals surface area contributed by atoms with Gasteiger partial charge in [-0.05, 0) is 44.0 Å². The summed E-state index contributed by atoms with van der Waals surface area (Å²) in [6.45, 7) is 2.25. The van der Waals surface area contributed by atoms with Crippen LogP contribution in [0.3, 0.4) is 0 Å². The highest BCUT2D eigenvalue weighted by atomic mass is 32.2. The zero-order chi connectivity index (χ0) is 17.9. The van der Waals surface area contributed by atoms with Crippen molar-refractivity contribution >= 4 is 17.7 Å². The molecule has 1 N–H and O–H groups in total. The van der Waals surface area contributed by atoms with Gasteiger partial charge in [0.2, 0.25) is 11.1 Å². The fourth-order valence-corrected chi connectivity index (χ4v) is 3.44. The Morgan fingerprint density at radius 2 is 2.12 bits per heavy atom. The van der Waals surface area contributed by atoms with E-state index in [2.05, 4.69) is 10.4 Å². The molecular weight excluding hydrogens is 348 g/mol. The smallest absolute Gasteiger partial charge is 0.233 e. The predicted octanol–water partition coefficient (Wildman–Crippen LogP) is 3.53. The first-order valence-corrected chi connectivity index (χ1v) is 9.58. The summed E-state index contributed by atoms with van der Waals surface area (Å²) in [5, 5.41) is 7.87. The van der Waals surface area contributed by atoms with Crippen LogP contribution in [0.25, 0.3) is 5.69 Å². The van der Waals surface area contributed by atoms with Gasteiger partial charge in [0.15, 0.2) is 0 Å². The summed E-state index contributed by atoms with van der Waals surface area (Å²) in [5.41, 5.74) is 1.00. The van der Waals surface area contributed by atoms with Crippen molar-refractivity contribution in [2.45, 2.75) is 42.6 Å². The van der Waals surface area contributed by atoms with Gasteiger partial charge in [-0.3, -0.25) is 4.79 Å². The van der Waals surface area contributed by atoms with Crippen molar-refractivity contribution < 1.29 is 9.21 Å². The van der Waals surface area contributed by atoms with Crippen LogP contribution in [0.15, 0.2) is 58.3 Å². The summed E-state index contributed by atoms with van der Waals surface area (Å²) >= 11 is 1.38. The lowest BCUT2D eigenvalue weighted by atomic mass is 10.3. The van der Waals surface area contributed by atoms with Gasteiger partial charge < -0.3 is 9.73 Å². The predicted molar refractivity (Wildman–Crippen MR) is 99.2 cm³/mol. The van der Waals surface area contributed by atoms with E-state index in [1.807, 2.05) is 48.0 Å². The molecule has 1 saturated carbocycles. The first-order chi connectivity index (χ1) is 12.7. The first-order valence-electron chi connectivity index (χ1n) is 8.70. The molecule has 1 atom stereocenters. The van der Waals surface area contributed by atoms with E-state index in [9.17, 15) is 4.79 Å². The maximum Gasteiger partial charge on any atom is 0.233 e. The van der Waals surface area contributed by atoms with Crippen LogP contribution >= 0.6 is 11.8 Å². The quantitative estimate of drug-likeness (QED) is 0.646. The third kappa shape index (κ3) is 3.83. The normalized spacial score (nSPS) is 15.0. The molecule has 6 nitrogen and oxygen atoms in total. The molecule has 0 unspecified atom stereocenters. The first kappa shape index (κ1) is 16.9. The Morgan fingerprint density at radius 3 is 2.81 bits per heavy atom. The van der Waals surface area contributed by atoms with Crippen molar-refractivity contribution in [1.29, 1.82) is 0 Å². The molecule has 2 heterocycles. The van der Waals surface area contributed by atoms with E-state index in [0.29, 0.717) is 17.6 Å². The lowest BCUT2D eigenvalue weighted by Crippen LogP contribution is -2.30. The van der Waals surface area contributed by atoms with E-state index in [-0.39, 0.29) is 11.2 Å². The third-order valence-corrected chi connectivity index (χ3v) is 5.18. The Labute approximate surface area is 156 Å².